The number of aryl methyl sites for hydroxylation is 2. The Kier molecular flexibility index (Phi) is 4.39. The van der Waals surface area contributed by atoms with Crippen molar-refractivity contribution in [3.8, 4) is 11.4 Å². The smallest absolute Gasteiger partial charge is 0.188 e. The topological polar surface area (TPSA) is 23.4 Å². The second kappa shape index (κ2) is 6.85. The second-order valence-corrected chi connectivity index (χ2v) is 6.55. The van der Waals surface area contributed by atoms with Crippen molar-refractivity contribution in [1.82, 2.24) is 4.57 Å². The lowest BCUT2D eigenvalue weighted by molar-refractivity contribution is 0.0504. The molecule has 0 bridgehead atoms. The minimum absolute atomic E-state index is 0.236. The van der Waals surface area contributed by atoms with E-state index < -0.39 is 0 Å². The molecule has 0 unspecified atom stereocenters. The van der Waals surface area contributed by atoms with E-state index in [-0.39, 0.29) is 6.79 Å². The summed E-state index contributed by atoms with van der Waals surface area (Å²) in [5.41, 5.74) is 5.85. The quantitative estimate of drug-likeness (QED) is 0.437. The number of nitrogens with zero attached hydrogens (tertiary/aromatic N) is 1. The van der Waals surface area contributed by atoms with E-state index in [1.165, 1.54) is 32.9 Å². The number of fused-ring (bicyclic) bond motifs is 3. The molecule has 0 atom stereocenters. The number of hydrogen-bond donors (Lipinski definition) is 0. The first-order valence-electron chi connectivity index (χ1n) is 8.98. The van der Waals surface area contributed by atoms with E-state index >= 15 is 0 Å². The Balaban J connectivity index is 2.10. The van der Waals surface area contributed by atoms with Crippen LogP contribution in [0.1, 0.15) is 18.1 Å². The Hall–Kier alpha value is -2.78. The van der Waals surface area contributed by atoms with Gasteiger partial charge in [0.15, 0.2) is 6.79 Å². The Labute approximate surface area is 153 Å². The maximum atomic E-state index is 6.04. The SMILES string of the molecule is CCc1cc(C)cc(-n2c3ccccc3c3ccccc32)c1OCOC. The average Bonchev–Trinajstić information content (AvgIpc) is 3.01. The van der Waals surface area contributed by atoms with Gasteiger partial charge in [-0.3, -0.25) is 0 Å². The highest BCUT2D eigenvalue weighted by atomic mass is 16.7. The molecule has 26 heavy (non-hydrogen) atoms. The highest BCUT2D eigenvalue weighted by molar-refractivity contribution is 6.09. The van der Waals surface area contributed by atoms with Crippen molar-refractivity contribution < 1.29 is 9.47 Å². The zero-order valence-electron chi connectivity index (χ0n) is 15.5. The molecule has 0 spiro atoms. The molecule has 3 heteroatoms. The molecule has 1 aromatic heterocycles. The van der Waals surface area contributed by atoms with Crippen molar-refractivity contribution in [2.75, 3.05) is 13.9 Å². The van der Waals surface area contributed by atoms with Gasteiger partial charge in [-0.1, -0.05) is 49.4 Å². The first-order chi connectivity index (χ1) is 12.7. The average molecular weight is 345 g/mol. The van der Waals surface area contributed by atoms with Crippen molar-refractivity contribution >= 4 is 21.8 Å². The van der Waals surface area contributed by atoms with E-state index in [9.17, 15) is 0 Å². The van der Waals surface area contributed by atoms with Gasteiger partial charge in [0.2, 0.25) is 0 Å². The lowest BCUT2D eigenvalue weighted by Gasteiger charge is -2.18. The third-order valence-electron chi connectivity index (χ3n) is 4.81. The molecule has 0 aliphatic heterocycles. The van der Waals surface area contributed by atoms with E-state index in [1.54, 1.807) is 7.11 Å². The molecule has 3 nitrogen and oxygen atoms in total. The molecule has 0 fully saturated rings. The molecule has 0 saturated carbocycles. The summed E-state index contributed by atoms with van der Waals surface area (Å²) in [6, 6.07) is 21.5. The number of hydrogen-bond acceptors (Lipinski definition) is 2. The molecule has 4 rings (SSSR count). The predicted octanol–water partition coefficient (Wildman–Crippen LogP) is 5.64. The fourth-order valence-electron chi connectivity index (χ4n) is 3.72. The number of aromatic nitrogens is 1. The Morgan fingerprint density at radius 2 is 1.50 bits per heavy atom. The molecule has 0 amide bonds. The Morgan fingerprint density at radius 1 is 0.885 bits per heavy atom. The van der Waals surface area contributed by atoms with Crippen LogP contribution in [0.15, 0.2) is 60.7 Å². The van der Waals surface area contributed by atoms with E-state index in [1.807, 2.05) is 0 Å². The van der Waals surface area contributed by atoms with Crippen LogP contribution in [0.4, 0.5) is 0 Å². The van der Waals surface area contributed by atoms with Crippen molar-refractivity contribution in [1.29, 1.82) is 0 Å². The zero-order valence-corrected chi connectivity index (χ0v) is 15.5. The van der Waals surface area contributed by atoms with E-state index in [4.69, 9.17) is 9.47 Å². The Bertz CT molecular complexity index is 1030. The lowest BCUT2D eigenvalue weighted by Crippen LogP contribution is -2.07. The summed E-state index contributed by atoms with van der Waals surface area (Å²) < 4.78 is 13.5. The highest BCUT2D eigenvalue weighted by Crippen LogP contribution is 2.37. The molecule has 1 heterocycles. The van der Waals surface area contributed by atoms with Gasteiger partial charge in [0, 0.05) is 17.9 Å². The van der Waals surface area contributed by atoms with Crippen molar-refractivity contribution in [3.05, 3.63) is 71.8 Å². The molecular weight excluding hydrogens is 322 g/mol. The van der Waals surface area contributed by atoms with Crippen LogP contribution in [0.5, 0.6) is 5.75 Å². The first kappa shape index (κ1) is 16.7. The summed E-state index contributed by atoms with van der Waals surface area (Å²) in [5.74, 6) is 0.895. The fraction of sp³-hybridized carbons (Fsp3) is 0.217. The molecule has 0 N–H and O–H groups in total. The summed E-state index contributed by atoms with van der Waals surface area (Å²) in [7, 11) is 1.65. The van der Waals surface area contributed by atoms with Gasteiger partial charge in [-0.15, -0.1) is 0 Å². The van der Waals surface area contributed by atoms with E-state index in [0.717, 1.165) is 17.9 Å². The van der Waals surface area contributed by atoms with Gasteiger partial charge >= 0.3 is 0 Å². The number of rotatable bonds is 5. The van der Waals surface area contributed by atoms with Gasteiger partial charge in [-0.05, 0) is 42.7 Å². The Morgan fingerprint density at radius 3 is 2.08 bits per heavy atom. The van der Waals surface area contributed by atoms with Crippen molar-refractivity contribution in [2.24, 2.45) is 0 Å². The normalized spacial score (nSPS) is 11.3. The van der Waals surface area contributed by atoms with Gasteiger partial charge in [0.05, 0.1) is 16.7 Å². The number of ether oxygens (including phenoxy) is 2. The molecule has 0 radical (unpaired) electrons. The minimum atomic E-state index is 0.236. The second-order valence-electron chi connectivity index (χ2n) is 6.55. The van der Waals surface area contributed by atoms with Crippen molar-refractivity contribution in [3.63, 3.8) is 0 Å². The summed E-state index contributed by atoms with van der Waals surface area (Å²) in [6.45, 7) is 4.53. The zero-order chi connectivity index (χ0) is 18.1. The van der Waals surface area contributed by atoms with Crippen LogP contribution in [0, 0.1) is 6.92 Å². The van der Waals surface area contributed by atoms with E-state index in [2.05, 4.69) is 79.1 Å². The number of benzene rings is 3. The van der Waals surface area contributed by atoms with Crippen LogP contribution in [0.3, 0.4) is 0 Å². The van der Waals surface area contributed by atoms with Crippen LogP contribution in [0.25, 0.3) is 27.5 Å². The van der Waals surface area contributed by atoms with Crippen LogP contribution in [-0.4, -0.2) is 18.5 Å². The molecule has 4 aromatic rings. The van der Waals surface area contributed by atoms with Crippen LogP contribution in [0.2, 0.25) is 0 Å². The summed E-state index contributed by atoms with van der Waals surface area (Å²) in [6.07, 6.45) is 0.908. The third-order valence-corrected chi connectivity index (χ3v) is 4.81. The maximum absolute atomic E-state index is 6.04. The highest BCUT2D eigenvalue weighted by Gasteiger charge is 2.17. The van der Waals surface area contributed by atoms with Gasteiger partial charge in [0.25, 0.3) is 0 Å². The van der Waals surface area contributed by atoms with Crippen molar-refractivity contribution in [2.45, 2.75) is 20.3 Å². The third kappa shape index (κ3) is 2.65. The van der Waals surface area contributed by atoms with Crippen LogP contribution < -0.4 is 4.74 Å². The largest absolute Gasteiger partial charge is 0.465 e. The van der Waals surface area contributed by atoms with E-state index in [0.29, 0.717) is 0 Å². The molecular formula is C23H23NO2. The predicted molar refractivity (Wildman–Crippen MR) is 107 cm³/mol. The summed E-state index contributed by atoms with van der Waals surface area (Å²) >= 11 is 0. The molecule has 132 valence electrons. The first-order valence-corrected chi connectivity index (χ1v) is 8.98. The lowest BCUT2D eigenvalue weighted by atomic mass is 10.1. The van der Waals surface area contributed by atoms with Gasteiger partial charge in [-0.25, -0.2) is 0 Å². The van der Waals surface area contributed by atoms with Gasteiger partial charge < -0.3 is 14.0 Å². The minimum Gasteiger partial charge on any atom is -0.465 e. The van der Waals surface area contributed by atoms with Gasteiger partial charge in [0.1, 0.15) is 5.75 Å². The molecule has 0 saturated heterocycles. The number of para-hydroxylation sites is 2. The summed E-state index contributed by atoms with van der Waals surface area (Å²) in [4.78, 5) is 0. The monoisotopic (exact) mass is 345 g/mol. The molecule has 0 aliphatic carbocycles. The molecule has 3 aromatic carbocycles. The standard InChI is InChI=1S/C23H23NO2/c1-4-17-13-16(2)14-22(23(17)26-15-25-3)24-20-11-7-5-9-18(20)19-10-6-8-12-21(19)24/h5-14H,4,15H2,1-3H3. The number of methoxy groups -OCH3 is 1. The molecule has 0 aliphatic rings. The van der Waals surface area contributed by atoms with Crippen LogP contribution in [-0.2, 0) is 11.2 Å². The van der Waals surface area contributed by atoms with Gasteiger partial charge in [-0.2, -0.15) is 0 Å². The summed E-state index contributed by atoms with van der Waals surface area (Å²) in [5, 5.41) is 2.50. The van der Waals surface area contributed by atoms with Crippen LogP contribution >= 0.6 is 0 Å². The fourth-order valence-corrected chi connectivity index (χ4v) is 3.72. The maximum Gasteiger partial charge on any atom is 0.188 e.